The highest BCUT2D eigenvalue weighted by Gasteiger charge is 2.27. The van der Waals surface area contributed by atoms with Crippen LogP contribution >= 0.6 is 0 Å². The molecule has 4 heteroatoms. The Morgan fingerprint density at radius 1 is 0.958 bits per heavy atom. The van der Waals surface area contributed by atoms with Crippen molar-refractivity contribution in [2.24, 2.45) is 0 Å². The first-order valence-electron chi connectivity index (χ1n) is 9.38. The topological polar surface area (TPSA) is 19.0 Å². The predicted octanol–water partition coefficient (Wildman–Crippen LogP) is 2.69. The highest BCUT2D eigenvalue weighted by molar-refractivity contribution is 5.37. The van der Waals surface area contributed by atoms with Crippen LogP contribution in [-0.2, 0) is 13.0 Å². The zero-order chi connectivity index (χ0) is 16.4. The molecule has 0 bridgehead atoms. The summed E-state index contributed by atoms with van der Waals surface area (Å²) >= 11 is 0. The van der Waals surface area contributed by atoms with Crippen molar-refractivity contribution in [1.29, 1.82) is 0 Å². The minimum absolute atomic E-state index is 0.895. The van der Waals surface area contributed by atoms with E-state index in [9.17, 15) is 0 Å². The van der Waals surface area contributed by atoms with E-state index in [-0.39, 0.29) is 0 Å². The van der Waals surface area contributed by atoms with Gasteiger partial charge in [0.25, 0.3) is 0 Å². The molecule has 0 amide bonds. The van der Waals surface area contributed by atoms with Crippen molar-refractivity contribution in [2.75, 3.05) is 39.8 Å². The van der Waals surface area contributed by atoms with Gasteiger partial charge in [0.15, 0.2) is 0 Å². The summed E-state index contributed by atoms with van der Waals surface area (Å²) in [5, 5.41) is 0. The average Bonchev–Trinajstić information content (AvgIpc) is 2.59. The normalized spacial score (nSPS) is 22.5. The molecule has 0 unspecified atom stereocenters. The number of methoxy groups -OCH3 is 1. The van der Waals surface area contributed by atoms with Crippen LogP contribution in [0.2, 0.25) is 0 Å². The van der Waals surface area contributed by atoms with Gasteiger partial charge in [0, 0.05) is 57.7 Å². The second kappa shape index (κ2) is 7.06. The van der Waals surface area contributed by atoms with Crippen molar-refractivity contribution in [3.63, 3.8) is 0 Å². The summed E-state index contributed by atoms with van der Waals surface area (Å²) in [7, 11) is 1.74. The Morgan fingerprint density at radius 2 is 1.75 bits per heavy atom. The molecule has 24 heavy (non-hydrogen) atoms. The summed E-state index contributed by atoms with van der Waals surface area (Å²) in [6.07, 6.45) is 10.00. The maximum atomic E-state index is 5.33. The van der Waals surface area contributed by atoms with Gasteiger partial charge < -0.3 is 14.5 Å². The molecule has 1 aliphatic carbocycles. The van der Waals surface area contributed by atoms with Crippen molar-refractivity contribution in [3.05, 3.63) is 41.7 Å². The van der Waals surface area contributed by atoms with Gasteiger partial charge in [-0.05, 0) is 42.5 Å². The molecule has 4 rings (SSSR count). The molecular weight excluding hydrogens is 298 g/mol. The fraction of sp³-hybridized carbons (Fsp3) is 0.600. The van der Waals surface area contributed by atoms with Gasteiger partial charge in [0.2, 0.25) is 0 Å². The van der Waals surface area contributed by atoms with Gasteiger partial charge in [-0.2, -0.15) is 0 Å². The van der Waals surface area contributed by atoms with E-state index in [1.165, 1.54) is 56.6 Å². The molecule has 0 radical (unpaired) electrons. The summed E-state index contributed by atoms with van der Waals surface area (Å²) in [4.78, 5) is 7.62. The number of fused-ring (bicyclic) bond motifs is 1. The Bertz CT molecular complexity index is 589. The lowest BCUT2D eigenvalue weighted by atomic mass is 9.91. The van der Waals surface area contributed by atoms with E-state index in [2.05, 4.69) is 45.3 Å². The molecule has 0 aromatic heterocycles. The van der Waals surface area contributed by atoms with Crippen molar-refractivity contribution in [3.8, 4) is 5.75 Å². The minimum Gasteiger partial charge on any atom is -0.497 e. The van der Waals surface area contributed by atoms with Crippen LogP contribution in [0.25, 0.3) is 0 Å². The molecule has 0 atom stereocenters. The molecule has 1 aromatic carbocycles. The van der Waals surface area contributed by atoms with Crippen LogP contribution < -0.4 is 4.74 Å². The number of ether oxygens (including phenoxy) is 1. The third-order valence-electron chi connectivity index (χ3n) is 5.88. The number of hydrogen-bond acceptors (Lipinski definition) is 4. The second-order valence-corrected chi connectivity index (χ2v) is 7.31. The van der Waals surface area contributed by atoms with E-state index in [1.807, 2.05) is 0 Å². The highest BCUT2D eigenvalue weighted by Crippen LogP contribution is 2.26. The number of nitrogens with zero attached hydrogens (tertiary/aromatic N) is 3. The first-order chi connectivity index (χ1) is 11.8. The average molecular weight is 327 g/mol. The molecule has 2 aliphatic heterocycles. The quantitative estimate of drug-likeness (QED) is 0.846. The monoisotopic (exact) mass is 327 g/mol. The SMILES string of the molecule is COc1ccc2c(c1)CCN(/C=C/N1CCN(C3CCC3)CC1)C2. The lowest BCUT2D eigenvalue weighted by molar-refractivity contribution is 0.0784. The minimum atomic E-state index is 0.895. The van der Waals surface area contributed by atoms with E-state index in [1.54, 1.807) is 7.11 Å². The van der Waals surface area contributed by atoms with Crippen LogP contribution in [0.5, 0.6) is 5.75 Å². The molecule has 2 heterocycles. The van der Waals surface area contributed by atoms with E-state index in [0.29, 0.717) is 0 Å². The lowest BCUT2D eigenvalue weighted by Gasteiger charge is -2.42. The highest BCUT2D eigenvalue weighted by atomic mass is 16.5. The van der Waals surface area contributed by atoms with Crippen molar-refractivity contribution in [1.82, 2.24) is 14.7 Å². The third kappa shape index (κ3) is 3.39. The predicted molar refractivity (Wildman–Crippen MR) is 97.0 cm³/mol. The Morgan fingerprint density at radius 3 is 2.46 bits per heavy atom. The number of piperazine rings is 1. The van der Waals surface area contributed by atoms with E-state index < -0.39 is 0 Å². The smallest absolute Gasteiger partial charge is 0.119 e. The molecule has 0 spiro atoms. The Kier molecular flexibility index (Phi) is 4.65. The van der Waals surface area contributed by atoms with Crippen LogP contribution in [0.15, 0.2) is 30.6 Å². The fourth-order valence-electron chi connectivity index (χ4n) is 4.00. The van der Waals surface area contributed by atoms with Crippen LogP contribution in [0.4, 0.5) is 0 Å². The molecule has 130 valence electrons. The molecule has 1 aromatic rings. The van der Waals surface area contributed by atoms with E-state index >= 15 is 0 Å². The Labute approximate surface area is 145 Å². The molecular formula is C20H29N3O. The van der Waals surface area contributed by atoms with E-state index in [0.717, 1.165) is 31.3 Å². The molecule has 2 fully saturated rings. The lowest BCUT2D eigenvalue weighted by Crippen LogP contribution is -2.50. The van der Waals surface area contributed by atoms with Crippen molar-refractivity contribution in [2.45, 2.75) is 38.3 Å². The van der Waals surface area contributed by atoms with Gasteiger partial charge in [-0.15, -0.1) is 0 Å². The zero-order valence-electron chi connectivity index (χ0n) is 14.8. The molecule has 0 N–H and O–H groups in total. The molecule has 1 saturated heterocycles. The van der Waals surface area contributed by atoms with Crippen molar-refractivity contribution < 1.29 is 4.74 Å². The van der Waals surface area contributed by atoms with Crippen LogP contribution in [0, 0.1) is 0 Å². The number of rotatable bonds is 4. The van der Waals surface area contributed by atoms with Crippen molar-refractivity contribution >= 4 is 0 Å². The van der Waals surface area contributed by atoms with E-state index in [4.69, 9.17) is 4.74 Å². The summed E-state index contributed by atoms with van der Waals surface area (Å²) < 4.78 is 5.33. The van der Waals surface area contributed by atoms with Gasteiger partial charge in [0.1, 0.15) is 5.75 Å². The second-order valence-electron chi connectivity index (χ2n) is 7.31. The maximum absolute atomic E-state index is 5.33. The van der Waals surface area contributed by atoms with Gasteiger partial charge in [-0.3, -0.25) is 4.90 Å². The summed E-state index contributed by atoms with van der Waals surface area (Å²) in [5.41, 5.74) is 2.87. The standard InChI is InChI=1S/C20H29N3O/c1-24-20-6-5-18-16-22(8-7-17(18)15-20)10-9-21-11-13-23(14-12-21)19-3-2-4-19/h5-6,9-10,15,19H,2-4,7-8,11-14,16H2,1H3/b10-9+. The first kappa shape index (κ1) is 15.8. The third-order valence-corrected chi connectivity index (χ3v) is 5.88. The maximum Gasteiger partial charge on any atom is 0.119 e. The Balaban J connectivity index is 1.29. The summed E-state index contributed by atoms with van der Waals surface area (Å²) in [6.45, 7) is 6.93. The molecule has 3 aliphatic rings. The van der Waals surface area contributed by atoms with Gasteiger partial charge in [0.05, 0.1) is 7.11 Å². The molecule has 1 saturated carbocycles. The Hall–Kier alpha value is -1.68. The van der Waals surface area contributed by atoms with Gasteiger partial charge in [-0.1, -0.05) is 12.5 Å². The van der Waals surface area contributed by atoms with Gasteiger partial charge in [-0.25, -0.2) is 0 Å². The molecule has 4 nitrogen and oxygen atoms in total. The summed E-state index contributed by atoms with van der Waals surface area (Å²) in [5.74, 6) is 0.974. The zero-order valence-corrected chi connectivity index (χ0v) is 14.8. The first-order valence-corrected chi connectivity index (χ1v) is 9.38. The van der Waals surface area contributed by atoms with Crippen LogP contribution in [0.3, 0.4) is 0 Å². The van der Waals surface area contributed by atoms with Crippen LogP contribution in [-0.4, -0.2) is 60.6 Å². The fourth-order valence-corrected chi connectivity index (χ4v) is 4.00. The largest absolute Gasteiger partial charge is 0.497 e. The summed E-state index contributed by atoms with van der Waals surface area (Å²) in [6, 6.07) is 7.37. The number of hydrogen-bond donors (Lipinski definition) is 0. The number of benzene rings is 1. The van der Waals surface area contributed by atoms with Crippen LogP contribution in [0.1, 0.15) is 30.4 Å². The van der Waals surface area contributed by atoms with Gasteiger partial charge >= 0.3 is 0 Å².